The Kier molecular flexibility index (Phi) is 7.26. The Hall–Kier alpha value is -1.89. The lowest BCUT2D eigenvalue weighted by Crippen LogP contribution is -2.42. The van der Waals surface area contributed by atoms with Crippen LogP contribution in [0.2, 0.25) is 0 Å². The van der Waals surface area contributed by atoms with Gasteiger partial charge in [0.25, 0.3) is 0 Å². The molecular weight excluding hydrogens is 344 g/mol. The Morgan fingerprint density at radius 2 is 2.00 bits per heavy atom. The zero-order valence-corrected chi connectivity index (χ0v) is 16.4. The molecular formula is C20H32N4O3. The Morgan fingerprint density at radius 1 is 1.26 bits per heavy atom. The molecule has 0 aromatic carbocycles. The fourth-order valence-corrected chi connectivity index (χ4v) is 4.13. The van der Waals surface area contributed by atoms with E-state index in [9.17, 15) is 9.59 Å². The predicted octanol–water partition coefficient (Wildman–Crippen LogP) is 2.82. The molecule has 1 aromatic heterocycles. The van der Waals surface area contributed by atoms with Gasteiger partial charge < -0.3 is 19.6 Å². The van der Waals surface area contributed by atoms with Crippen LogP contribution in [0.3, 0.4) is 0 Å². The van der Waals surface area contributed by atoms with Crippen molar-refractivity contribution in [2.75, 3.05) is 38.0 Å². The number of carbonyl (C=O) groups is 2. The molecule has 2 fully saturated rings. The van der Waals surface area contributed by atoms with E-state index in [4.69, 9.17) is 4.52 Å². The summed E-state index contributed by atoms with van der Waals surface area (Å²) in [5, 5.41) is 6.51. The van der Waals surface area contributed by atoms with Crippen LogP contribution < -0.4 is 5.32 Å². The van der Waals surface area contributed by atoms with Gasteiger partial charge in [0, 0.05) is 25.6 Å². The number of nitrogens with one attached hydrogen (secondary N) is 1. The van der Waals surface area contributed by atoms with Crippen molar-refractivity contribution >= 4 is 17.6 Å². The van der Waals surface area contributed by atoms with Gasteiger partial charge in [-0.2, -0.15) is 0 Å². The molecule has 2 aliphatic rings. The Balaban J connectivity index is 1.51. The Bertz CT molecular complexity index is 618. The quantitative estimate of drug-likeness (QED) is 0.717. The topological polar surface area (TPSA) is 78.7 Å². The monoisotopic (exact) mass is 376 g/mol. The second-order valence-corrected chi connectivity index (χ2v) is 7.92. The molecule has 3 rings (SSSR count). The molecule has 1 aliphatic carbocycles. The van der Waals surface area contributed by atoms with Gasteiger partial charge in [-0.25, -0.2) is 0 Å². The van der Waals surface area contributed by atoms with Crippen molar-refractivity contribution in [1.82, 2.24) is 15.0 Å². The first-order valence-corrected chi connectivity index (χ1v) is 10.3. The summed E-state index contributed by atoms with van der Waals surface area (Å²) >= 11 is 0. The minimum Gasteiger partial charge on any atom is -0.360 e. The van der Waals surface area contributed by atoms with Crippen LogP contribution in [0, 0.1) is 12.8 Å². The molecule has 1 saturated carbocycles. The van der Waals surface area contributed by atoms with Crippen molar-refractivity contribution in [3.63, 3.8) is 0 Å². The molecule has 1 aromatic rings. The highest BCUT2D eigenvalue weighted by Gasteiger charge is 2.22. The van der Waals surface area contributed by atoms with Crippen LogP contribution >= 0.6 is 0 Å². The lowest BCUT2D eigenvalue weighted by atomic mass is 10.0. The molecule has 0 bridgehead atoms. The molecule has 2 heterocycles. The van der Waals surface area contributed by atoms with Crippen LogP contribution in [0.25, 0.3) is 0 Å². The highest BCUT2D eigenvalue weighted by Crippen LogP contribution is 2.28. The van der Waals surface area contributed by atoms with Crippen LogP contribution in [0.4, 0.5) is 5.82 Å². The summed E-state index contributed by atoms with van der Waals surface area (Å²) in [6.07, 6.45) is 9.00. The Morgan fingerprint density at radius 3 is 2.67 bits per heavy atom. The maximum atomic E-state index is 12.8. The number of hydrogen-bond donors (Lipinski definition) is 1. The van der Waals surface area contributed by atoms with Gasteiger partial charge in [-0.15, -0.1) is 0 Å². The molecule has 27 heavy (non-hydrogen) atoms. The SMILES string of the molecule is Cc1cc(NC(=O)CN(CCN2CCCC2)C(=O)CCC2CCCC2)no1. The van der Waals surface area contributed by atoms with Crippen LogP contribution in [-0.4, -0.2) is 59.5 Å². The molecule has 1 saturated heterocycles. The average molecular weight is 377 g/mol. The lowest BCUT2D eigenvalue weighted by Gasteiger charge is -2.25. The first-order valence-electron chi connectivity index (χ1n) is 10.3. The summed E-state index contributed by atoms with van der Waals surface area (Å²) in [7, 11) is 0. The molecule has 7 heteroatoms. The summed E-state index contributed by atoms with van der Waals surface area (Å²) in [6.45, 7) is 5.48. The van der Waals surface area contributed by atoms with Crippen LogP contribution in [-0.2, 0) is 9.59 Å². The van der Waals surface area contributed by atoms with Crippen LogP contribution in [0.15, 0.2) is 10.6 Å². The van der Waals surface area contributed by atoms with Gasteiger partial charge in [0.15, 0.2) is 5.82 Å². The normalized spacial score (nSPS) is 18.1. The maximum absolute atomic E-state index is 12.8. The van der Waals surface area contributed by atoms with Crippen molar-refractivity contribution < 1.29 is 14.1 Å². The minimum absolute atomic E-state index is 0.0727. The molecule has 1 aliphatic heterocycles. The van der Waals surface area contributed by atoms with E-state index >= 15 is 0 Å². The molecule has 0 radical (unpaired) electrons. The van der Waals surface area contributed by atoms with Crippen molar-refractivity contribution in [2.45, 2.75) is 58.3 Å². The fourth-order valence-electron chi connectivity index (χ4n) is 4.13. The molecule has 1 N–H and O–H groups in total. The second-order valence-electron chi connectivity index (χ2n) is 7.92. The summed E-state index contributed by atoms with van der Waals surface area (Å²) < 4.78 is 4.98. The zero-order chi connectivity index (χ0) is 19.1. The molecule has 0 spiro atoms. The third-order valence-corrected chi connectivity index (χ3v) is 5.71. The number of amides is 2. The van der Waals surface area contributed by atoms with Crippen molar-refractivity contribution in [1.29, 1.82) is 0 Å². The van der Waals surface area contributed by atoms with Gasteiger partial charge in [-0.3, -0.25) is 9.59 Å². The number of likely N-dealkylation sites (tertiary alicyclic amines) is 1. The second kappa shape index (κ2) is 9.88. The largest absolute Gasteiger partial charge is 0.360 e. The lowest BCUT2D eigenvalue weighted by molar-refractivity contribution is -0.135. The molecule has 0 atom stereocenters. The first kappa shape index (κ1) is 19.9. The van der Waals surface area contributed by atoms with E-state index in [1.807, 2.05) is 0 Å². The summed E-state index contributed by atoms with van der Waals surface area (Å²) in [4.78, 5) is 29.3. The van der Waals surface area contributed by atoms with E-state index in [0.29, 0.717) is 30.5 Å². The number of aromatic nitrogens is 1. The number of nitrogens with zero attached hydrogens (tertiary/aromatic N) is 3. The summed E-state index contributed by atoms with van der Waals surface area (Å²) in [6, 6.07) is 1.67. The molecule has 2 amide bonds. The van der Waals surface area contributed by atoms with E-state index in [0.717, 1.165) is 26.1 Å². The maximum Gasteiger partial charge on any atom is 0.245 e. The van der Waals surface area contributed by atoms with E-state index in [2.05, 4.69) is 15.4 Å². The average Bonchev–Trinajstić information content (AvgIpc) is 3.40. The molecule has 150 valence electrons. The predicted molar refractivity (Wildman–Crippen MR) is 103 cm³/mol. The van der Waals surface area contributed by atoms with E-state index < -0.39 is 0 Å². The van der Waals surface area contributed by atoms with Crippen molar-refractivity contribution in [3.05, 3.63) is 11.8 Å². The number of anilines is 1. The highest BCUT2D eigenvalue weighted by atomic mass is 16.5. The standard InChI is InChI=1S/C20H32N4O3/c1-16-14-18(22-27-16)21-19(25)15-24(13-12-23-10-4-5-11-23)20(26)9-8-17-6-2-3-7-17/h14,17H,2-13,15H2,1H3,(H,21,22,25). The van der Waals surface area contributed by atoms with Gasteiger partial charge in [0.2, 0.25) is 11.8 Å². The molecule has 7 nitrogen and oxygen atoms in total. The number of hydrogen-bond acceptors (Lipinski definition) is 5. The number of aryl methyl sites for hydroxylation is 1. The minimum atomic E-state index is -0.223. The summed E-state index contributed by atoms with van der Waals surface area (Å²) in [5.41, 5.74) is 0. The van der Waals surface area contributed by atoms with Gasteiger partial charge in [-0.1, -0.05) is 30.8 Å². The van der Waals surface area contributed by atoms with E-state index in [1.165, 1.54) is 38.5 Å². The van der Waals surface area contributed by atoms with E-state index in [-0.39, 0.29) is 18.4 Å². The van der Waals surface area contributed by atoms with E-state index in [1.54, 1.807) is 17.9 Å². The number of rotatable bonds is 9. The smallest absolute Gasteiger partial charge is 0.245 e. The first-order chi connectivity index (χ1) is 13.1. The zero-order valence-electron chi connectivity index (χ0n) is 16.4. The third kappa shape index (κ3) is 6.34. The van der Waals surface area contributed by atoms with Crippen LogP contribution in [0.1, 0.15) is 57.1 Å². The van der Waals surface area contributed by atoms with Crippen molar-refractivity contribution in [2.24, 2.45) is 5.92 Å². The van der Waals surface area contributed by atoms with Gasteiger partial charge in [0.1, 0.15) is 5.76 Å². The van der Waals surface area contributed by atoms with Gasteiger partial charge in [-0.05, 0) is 45.2 Å². The fraction of sp³-hybridized carbons (Fsp3) is 0.750. The van der Waals surface area contributed by atoms with Gasteiger partial charge in [0.05, 0.1) is 6.54 Å². The van der Waals surface area contributed by atoms with Gasteiger partial charge >= 0.3 is 0 Å². The highest BCUT2D eigenvalue weighted by molar-refractivity contribution is 5.93. The molecule has 0 unspecified atom stereocenters. The van der Waals surface area contributed by atoms with Crippen molar-refractivity contribution in [3.8, 4) is 0 Å². The third-order valence-electron chi connectivity index (χ3n) is 5.71. The number of carbonyl (C=O) groups excluding carboxylic acids is 2. The van der Waals surface area contributed by atoms with Crippen LogP contribution in [0.5, 0.6) is 0 Å². The Labute approximate surface area is 161 Å². The summed E-state index contributed by atoms with van der Waals surface area (Å²) in [5.74, 6) is 1.59.